The van der Waals surface area contributed by atoms with Gasteiger partial charge in [-0.15, -0.1) is 6.58 Å². The first kappa shape index (κ1) is 19.2. The Morgan fingerprint density at radius 3 is 2.59 bits per heavy atom. The van der Waals surface area contributed by atoms with Gasteiger partial charge in [-0.2, -0.15) is 0 Å². The van der Waals surface area contributed by atoms with Crippen molar-refractivity contribution < 1.29 is 4.39 Å². The summed E-state index contributed by atoms with van der Waals surface area (Å²) >= 11 is 0. The van der Waals surface area contributed by atoms with Crippen molar-refractivity contribution >= 4 is 17.0 Å². The number of aryl methyl sites for hydroxylation is 1. The SMILES string of the molecule is C=C(C)CCc1c(CCC)n(C/C=C\c2ccccc2)c2ccc(F)cc12. The summed E-state index contributed by atoms with van der Waals surface area (Å²) < 4.78 is 16.3. The molecular formula is C25H28FN. The molecule has 0 saturated carbocycles. The fraction of sp³-hybridized carbons (Fsp3) is 0.280. The number of rotatable bonds is 8. The van der Waals surface area contributed by atoms with Crippen LogP contribution in [-0.2, 0) is 19.4 Å². The van der Waals surface area contributed by atoms with E-state index in [1.165, 1.54) is 22.4 Å². The van der Waals surface area contributed by atoms with Crippen molar-refractivity contribution in [3.8, 4) is 0 Å². The first-order valence-corrected chi connectivity index (χ1v) is 9.75. The number of hydrogen-bond donors (Lipinski definition) is 0. The van der Waals surface area contributed by atoms with Crippen molar-refractivity contribution in [2.45, 2.75) is 46.1 Å². The Morgan fingerprint density at radius 2 is 1.89 bits per heavy atom. The van der Waals surface area contributed by atoms with Crippen molar-refractivity contribution in [2.75, 3.05) is 0 Å². The van der Waals surface area contributed by atoms with Crippen LogP contribution in [0.15, 0.2) is 66.8 Å². The van der Waals surface area contributed by atoms with Crippen molar-refractivity contribution in [3.63, 3.8) is 0 Å². The van der Waals surface area contributed by atoms with Crippen LogP contribution in [-0.4, -0.2) is 4.57 Å². The minimum atomic E-state index is -0.167. The third kappa shape index (κ3) is 4.57. The van der Waals surface area contributed by atoms with Crippen LogP contribution in [0.3, 0.4) is 0 Å². The van der Waals surface area contributed by atoms with E-state index < -0.39 is 0 Å². The molecule has 0 unspecified atom stereocenters. The lowest BCUT2D eigenvalue weighted by atomic mass is 10.0. The molecule has 1 aromatic heterocycles. The Bertz CT molecular complexity index is 947. The largest absolute Gasteiger partial charge is 0.340 e. The van der Waals surface area contributed by atoms with Gasteiger partial charge in [-0.3, -0.25) is 0 Å². The van der Waals surface area contributed by atoms with E-state index in [0.29, 0.717) is 0 Å². The number of halogens is 1. The van der Waals surface area contributed by atoms with Gasteiger partial charge in [0.25, 0.3) is 0 Å². The molecule has 27 heavy (non-hydrogen) atoms. The van der Waals surface area contributed by atoms with Gasteiger partial charge in [-0.05, 0) is 55.5 Å². The number of allylic oxidation sites excluding steroid dienone is 2. The van der Waals surface area contributed by atoms with Crippen LogP contribution in [0.2, 0.25) is 0 Å². The van der Waals surface area contributed by atoms with Gasteiger partial charge in [0.1, 0.15) is 5.82 Å². The smallest absolute Gasteiger partial charge is 0.123 e. The lowest BCUT2D eigenvalue weighted by Crippen LogP contribution is -2.03. The maximum Gasteiger partial charge on any atom is 0.123 e. The van der Waals surface area contributed by atoms with E-state index in [4.69, 9.17) is 0 Å². The molecule has 0 bridgehead atoms. The van der Waals surface area contributed by atoms with E-state index >= 15 is 0 Å². The number of hydrogen-bond acceptors (Lipinski definition) is 0. The Labute approximate surface area is 161 Å². The molecule has 2 heteroatoms. The molecule has 0 fully saturated rings. The quantitative estimate of drug-likeness (QED) is 0.382. The second-order valence-electron chi connectivity index (χ2n) is 7.22. The Kier molecular flexibility index (Phi) is 6.28. The van der Waals surface area contributed by atoms with Crippen molar-refractivity contribution in [1.29, 1.82) is 0 Å². The maximum atomic E-state index is 14.0. The molecule has 140 valence electrons. The zero-order valence-electron chi connectivity index (χ0n) is 16.3. The summed E-state index contributed by atoms with van der Waals surface area (Å²) in [5.74, 6) is -0.167. The van der Waals surface area contributed by atoms with Crippen LogP contribution < -0.4 is 0 Å². The monoisotopic (exact) mass is 361 g/mol. The van der Waals surface area contributed by atoms with Crippen LogP contribution in [0.5, 0.6) is 0 Å². The van der Waals surface area contributed by atoms with E-state index in [-0.39, 0.29) is 5.82 Å². The lowest BCUT2D eigenvalue weighted by molar-refractivity contribution is 0.629. The van der Waals surface area contributed by atoms with Crippen LogP contribution in [0.1, 0.15) is 43.5 Å². The molecule has 0 spiro atoms. The average molecular weight is 362 g/mol. The number of aromatic nitrogens is 1. The van der Waals surface area contributed by atoms with E-state index in [2.05, 4.69) is 49.3 Å². The highest BCUT2D eigenvalue weighted by Gasteiger charge is 2.16. The molecule has 0 aliphatic carbocycles. The Balaban J connectivity index is 2.02. The second-order valence-corrected chi connectivity index (χ2v) is 7.22. The summed E-state index contributed by atoms with van der Waals surface area (Å²) in [6, 6.07) is 15.5. The molecular weight excluding hydrogens is 333 g/mol. The predicted octanol–water partition coefficient (Wildman–Crippen LogP) is 6.96. The molecule has 0 saturated heterocycles. The molecule has 0 radical (unpaired) electrons. The third-order valence-electron chi connectivity index (χ3n) is 4.94. The molecule has 1 nitrogen and oxygen atoms in total. The van der Waals surface area contributed by atoms with Crippen molar-refractivity contribution in [2.24, 2.45) is 0 Å². The Morgan fingerprint density at radius 1 is 1.11 bits per heavy atom. The second kappa shape index (κ2) is 8.85. The van der Waals surface area contributed by atoms with Crippen LogP contribution in [0, 0.1) is 5.82 Å². The van der Waals surface area contributed by atoms with Gasteiger partial charge < -0.3 is 4.57 Å². The van der Waals surface area contributed by atoms with Crippen LogP contribution in [0.4, 0.5) is 4.39 Å². The first-order chi connectivity index (χ1) is 13.1. The van der Waals surface area contributed by atoms with Crippen LogP contribution in [0.25, 0.3) is 17.0 Å². The minimum absolute atomic E-state index is 0.167. The lowest BCUT2D eigenvalue weighted by Gasteiger charge is -2.10. The fourth-order valence-corrected chi connectivity index (χ4v) is 3.66. The molecule has 1 heterocycles. The third-order valence-corrected chi connectivity index (χ3v) is 4.94. The first-order valence-electron chi connectivity index (χ1n) is 9.75. The molecule has 0 N–H and O–H groups in total. The van der Waals surface area contributed by atoms with Crippen molar-refractivity contribution in [3.05, 3.63) is 89.4 Å². The maximum absolute atomic E-state index is 14.0. The predicted molar refractivity (Wildman–Crippen MR) is 115 cm³/mol. The molecule has 0 aliphatic heterocycles. The van der Waals surface area contributed by atoms with Gasteiger partial charge in [0, 0.05) is 23.1 Å². The van der Waals surface area contributed by atoms with Gasteiger partial charge in [0.2, 0.25) is 0 Å². The minimum Gasteiger partial charge on any atom is -0.340 e. The zero-order chi connectivity index (χ0) is 19.2. The summed E-state index contributed by atoms with van der Waals surface area (Å²) in [5, 5.41) is 1.05. The number of benzene rings is 2. The molecule has 2 aromatic carbocycles. The van der Waals surface area contributed by atoms with Gasteiger partial charge >= 0.3 is 0 Å². The molecule has 0 amide bonds. The highest BCUT2D eigenvalue weighted by Crippen LogP contribution is 2.30. The standard InChI is InChI=1S/C25H28FN/c1-4-9-24-22(15-13-19(2)3)23-18-21(26)14-16-25(23)27(24)17-8-12-20-10-6-5-7-11-20/h5-8,10-12,14,16,18H,2,4,9,13,15,17H2,1,3H3/b12-8-. The van der Waals surface area contributed by atoms with Gasteiger partial charge in [-0.1, -0.05) is 61.4 Å². The topological polar surface area (TPSA) is 4.93 Å². The summed E-state index contributed by atoms with van der Waals surface area (Å²) in [6.07, 6.45) is 8.27. The van der Waals surface area contributed by atoms with E-state index in [9.17, 15) is 4.39 Å². The highest BCUT2D eigenvalue weighted by molar-refractivity contribution is 5.86. The molecule has 3 aromatic rings. The average Bonchev–Trinajstić information content (AvgIpc) is 2.93. The normalized spacial score (nSPS) is 11.5. The summed E-state index contributed by atoms with van der Waals surface area (Å²) in [4.78, 5) is 0. The molecule has 3 rings (SSSR count). The Hall–Kier alpha value is -2.61. The summed E-state index contributed by atoms with van der Waals surface area (Å²) in [5.41, 5.74) is 6.09. The van der Waals surface area contributed by atoms with E-state index in [1.54, 1.807) is 12.1 Å². The number of fused-ring (bicyclic) bond motifs is 1. The van der Waals surface area contributed by atoms with E-state index in [0.717, 1.165) is 43.1 Å². The van der Waals surface area contributed by atoms with Crippen molar-refractivity contribution in [1.82, 2.24) is 4.57 Å². The zero-order valence-corrected chi connectivity index (χ0v) is 16.3. The van der Waals surface area contributed by atoms with Gasteiger partial charge in [0.15, 0.2) is 0 Å². The number of nitrogens with zero attached hydrogens (tertiary/aromatic N) is 1. The van der Waals surface area contributed by atoms with Gasteiger partial charge in [-0.25, -0.2) is 4.39 Å². The van der Waals surface area contributed by atoms with Crippen LogP contribution >= 0.6 is 0 Å². The molecule has 0 aliphatic rings. The summed E-state index contributed by atoms with van der Waals surface area (Å²) in [7, 11) is 0. The molecule has 0 atom stereocenters. The fourth-order valence-electron chi connectivity index (χ4n) is 3.66. The highest BCUT2D eigenvalue weighted by atomic mass is 19.1. The van der Waals surface area contributed by atoms with Gasteiger partial charge in [0.05, 0.1) is 0 Å². The van der Waals surface area contributed by atoms with E-state index in [1.807, 2.05) is 24.3 Å². The summed E-state index contributed by atoms with van der Waals surface area (Å²) in [6.45, 7) is 9.09.